The molecule has 0 spiro atoms. The van der Waals surface area contributed by atoms with E-state index in [-0.39, 0.29) is 61.9 Å². The summed E-state index contributed by atoms with van der Waals surface area (Å²) in [6.45, 7) is 4.10. The van der Waals surface area contributed by atoms with Crippen LogP contribution in [0.4, 0.5) is 0 Å². The number of carboxylic acid groups (broad SMARTS) is 1. The zero-order valence-electron chi connectivity index (χ0n) is 28.3. The predicted octanol–water partition coefficient (Wildman–Crippen LogP) is 1.74. The van der Waals surface area contributed by atoms with Crippen LogP contribution in [0.5, 0.6) is 0 Å². The van der Waals surface area contributed by atoms with Gasteiger partial charge in [0.15, 0.2) is 11.7 Å². The molecule has 0 aliphatic heterocycles. The number of carbonyl (C=O) groups is 4. The first-order chi connectivity index (χ1) is 23.1. The van der Waals surface area contributed by atoms with Crippen molar-refractivity contribution >= 4 is 29.6 Å². The lowest BCUT2D eigenvalue weighted by Gasteiger charge is -2.64. The number of aliphatic carboxylic acids is 1. The van der Waals surface area contributed by atoms with E-state index in [9.17, 15) is 39.3 Å². The smallest absolute Gasteiger partial charge is 0.335 e. The maximum Gasteiger partial charge on any atom is 0.335 e. The number of hydrogen-bond acceptors (Lipinski definition) is 10. The lowest BCUT2D eigenvalue weighted by atomic mass is 9.42. The number of esters is 1. The molecule has 0 bridgehead atoms. The van der Waals surface area contributed by atoms with E-state index in [0.717, 1.165) is 6.42 Å². The molecule has 10 atom stereocenters. The maximum absolute atomic E-state index is 14.1. The molecule has 1 heterocycles. The minimum Gasteiger partial charge on any atom is -0.480 e. The Labute approximate surface area is 285 Å². The molecule has 1 aromatic rings. The van der Waals surface area contributed by atoms with E-state index in [4.69, 9.17) is 20.6 Å². The highest BCUT2D eigenvalue weighted by atomic mass is 16.5. The number of Topliss-reactive ketones (excluding diaryl/α,β-unsaturated/α-hetero) is 1. The van der Waals surface area contributed by atoms with Gasteiger partial charge in [0.25, 0.3) is 0 Å². The number of guanidine groups is 1. The number of nitrogens with one attached hydrogen (secondary N) is 1. The average molecular weight is 687 g/mol. The number of aliphatic imine (C=N–C) groups is 1. The highest BCUT2D eigenvalue weighted by molar-refractivity contribution is 5.93. The molecule has 49 heavy (non-hydrogen) atoms. The second-order valence-electron chi connectivity index (χ2n) is 15.0. The van der Waals surface area contributed by atoms with Crippen LogP contribution in [-0.4, -0.2) is 75.3 Å². The Morgan fingerprint density at radius 2 is 1.84 bits per heavy atom. The number of aliphatic hydroxyl groups excluding tert-OH is 1. The van der Waals surface area contributed by atoms with Crippen molar-refractivity contribution < 1.29 is 43.7 Å². The Morgan fingerprint density at radius 1 is 1.08 bits per heavy atom. The van der Waals surface area contributed by atoms with Crippen LogP contribution in [0.2, 0.25) is 0 Å². The Bertz CT molecular complexity index is 1500. The second-order valence-corrected chi connectivity index (χ2v) is 15.0. The van der Waals surface area contributed by atoms with E-state index in [2.05, 4.69) is 17.2 Å². The van der Waals surface area contributed by atoms with Crippen LogP contribution in [-0.2, 0) is 23.9 Å². The normalized spacial score (nSPS) is 35.6. The molecule has 4 aliphatic rings. The van der Waals surface area contributed by atoms with Gasteiger partial charge in [-0.25, -0.2) is 9.59 Å². The monoisotopic (exact) mass is 686 g/mol. The third-order valence-corrected chi connectivity index (χ3v) is 12.4. The van der Waals surface area contributed by atoms with Gasteiger partial charge in [-0.05, 0) is 100 Å². The third-order valence-electron chi connectivity index (χ3n) is 12.4. The summed E-state index contributed by atoms with van der Waals surface area (Å²) in [5, 5.41) is 36.0. The molecule has 5 rings (SSSR count). The zero-order chi connectivity index (χ0) is 35.7. The van der Waals surface area contributed by atoms with Gasteiger partial charge in [0.2, 0.25) is 5.91 Å². The van der Waals surface area contributed by atoms with Gasteiger partial charge in [-0.2, -0.15) is 0 Å². The van der Waals surface area contributed by atoms with E-state index >= 15 is 0 Å². The van der Waals surface area contributed by atoms with Gasteiger partial charge in [0, 0.05) is 37.3 Å². The fraction of sp³-hybridized carbons (Fsp3) is 0.714. The van der Waals surface area contributed by atoms with E-state index in [1.54, 1.807) is 13.0 Å². The minimum atomic E-state index is -1.32. The summed E-state index contributed by atoms with van der Waals surface area (Å²) in [6, 6.07) is 1.87. The van der Waals surface area contributed by atoms with Crippen molar-refractivity contribution in [2.75, 3.05) is 6.54 Å². The van der Waals surface area contributed by atoms with Gasteiger partial charge in [-0.3, -0.25) is 19.4 Å². The van der Waals surface area contributed by atoms with Crippen LogP contribution < -0.4 is 22.4 Å². The quantitative estimate of drug-likeness (QED) is 0.0797. The summed E-state index contributed by atoms with van der Waals surface area (Å²) < 4.78 is 10.9. The molecular formula is C35H50N4O10. The van der Waals surface area contributed by atoms with Gasteiger partial charge in [0.05, 0.1) is 17.3 Å². The van der Waals surface area contributed by atoms with Crippen LogP contribution in [0.25, 0.3) is 0 Å². The first-order valence-corrected chi connectivity index (χ1v) is 17.4. The summed E-state index contributed by atoms with van der Waals surface area (Å²) in [5.41, 5.74) is 7.71. The fourth-order valence-electron chi connectivity index (χ4n) is 9.88. The summed E-state index contributed by atoms with van der Waals surface area (Å²) >= 11 is 0. The Morgan fingerprint density at radius 3 is 2.51 bits per heavy atom. The molecule has 14 nitrogen and oxygen atoms in total. The number of ketones is 1. The molecule has 1 amide bonds. The SMILES string of the molecule is C[C@]12CC[C@H](OC(=O)CCCC(=O)N[C@@H](CCCN=C(N)N)C(=O)O)C[C@H]1CC[C@@H]1[C@@H]2[C@H](O)C(=O)[C@]2(C)[C@@H](c3ccc(=O)oc3)CC[C@]12O. The van der Waals surface area contributed by atoms with Gasteiger partial charge in [-0.15, -0.1) is 0 Å². The van der Waals surface area contributed by atoms with Crippen molar-refractivity contribution in [1.82, 2.24) is 5.32 Å². The van der Waals surface area contributed by atoms with Crippen LogP contribution in [0.1, 0.15) is 102 Å². The van der Waals surface area contributed by atoms with Gasteiger partial charge in [-0.1, -0.05) is 6.92 Å². The Kier molecular flexibility index (Phi) is 10.6. The molecule has 4 saturated carbocycles. The van der Waals surface area contributed by atoms with Crippen molar-refractivity contribution in [3.8, 4) is 0 Å². The number of rotatable bonds is 12. The molecule has 4 aliphatic carbocycles. The maximum atomic E-state index is 14.1. The molecule has 4 fully saturated rings. The summed E-state index contributed by atoms with van der Waals surface area (Å²) in [6.07, 6.45) is 4.51. The number of carbonyl (C=O) groups excluding carboxylic acids is 3. The first kappa shape index (κ1) is 36.5. The number of ether oxygens (including phenoxy) is 1. The number of carboxylic acids is 1. The number of fused-ring (bicyclic) bond motifs is 5. The zero-order valence-corrected chi connectivity index (χ0v) is 28.3. The van der Waals surface area contributed by atoms with Crippen molar-refractivity contribution in [2.24, 2.45) is 45.0 Å². The molecule has 14 heteroatoms. The van der Waals surface area contributed by atoms with Crippen molar-refractivity contribution in [1.29, 1.82) is 0 Å². The molecule has 8 N–H and O–H groups in total. The second kappa shape index (κ2) is 14.2. The lowest BCUT2D eigenvalue weighted by molar-refractivity contribution is -0.229. The van der Waals surface area contributed by atoms with Crippen molar-refractivity contribution in [3.05, 3.63) is 34.4 Å². The molecule has 1 aromatic heterocycles. The summed E-state index contributed by atoms with van der Waals surface area (Å²) in [7, 11) is 0. The standard InChI is InChI=1S/C35H50N4O10/c1-33-14-12-21(49-27(42)7-3-6-25(40)39-24(31(45)46)5-4-16-38-32(36)37)17-20(33)9-10-23-28(33)29(43)30(44)34(2)22(13-15-35(23,34)47)19-8-11-26(41)48-18-19/h8,11,18,20-24,28-29,43,47H,3-7,9-10,12-17H2,1-2H3,(H,39,40)(H,45,46)(H4,36,37,38)/t20-,21+,22-,23-,24+,28-,29+,33+,34+,35+/m1/s1. The average Bonchev–Trinajstić information content (AvgIpc) is 3.33. The highest BCUT2D eigenvalue weighted by Crippen LogP contribution is 2.69. The molecular weight excluding hydrogens is 636 g/mol. The van der Waals surface area contributed by atoms with Gasteiger partial charge in [0.1, 0.15) is 18.2 Å². The van der Waals surface area contributed by atoms with E-state index < -0.39 is 63.9 Å². The predicted molar refractivity (Wildman–Crippen MR) is 176 cm³/mol. The fourth-order valence-corrected chi connectivity index (χ4v) is 9.88. The van der Waals surface area contributed by atoms with Crippen molar-refractivity contribution in [2.45, 2.75) is 121 Å². The lowest BCUT2D eigenvalue weighted by Crippen LogP contribution is -2.70. The highest BCUT2D eigenvalue weighted by Gasteiger charge is 2.73. The third kappa shape index (κ3) is 6.86. The number of nitrogens with two attached hydrogens (primary N) is 2. The number of amides is 1. The molecule has 0 radical (unpaired) electrons. The van der Waals surface area contributed by atoms with Crippen LogP contribution in [0, 0.1) is 28.6 Å². The topological polar surface area (TPSA) is 245 Å². The molecule has 0 aromatic carbocycles. The first-order valence-electron chi connectivity index (χ1n) is 17.4. The van der Waals surface area contributed by atoms with Crippen LogP contribution in [0.15, 0.2) is 32.6 Å². The van der Waals surface area contributed by atoms with Crippen molar-refractivity contribution in [3.63, 3.8) is 0 Å². The van der Waals surface area contributed by atoms with Gasteiger partial charge >= 0.3 is 17.6 Å². The number of hydrogen-bond donors (Lipinski definition) is 6. The Hall–Kier alpha value is -3.78. The summed E-state index contributed by atoms with van der Waals surface area (Å²) in [4.78, 5) is 66.2. The minimum absolute atomic E-state index is 0.00358. The van der Waals surface area contributed by atoms with E-state index in [0.29, 0.717) is 50.5 Å². The summed E-state index contributed by atoms with van der Waals surface area (Å²) in [5.74, 6) is -3.60. The van der Waals surface area contributed by atoms with E-state index in [1.807, 2.05) is 0 Å². The molecule has 0 saturated heterocycles. The Balaban J connectivity index is 1.15. The molecule has 270 valence electrons. The number of nitrogens with zero attached hydrogens (tertiary/aromatic N) is 1. The number of aliphatic hydroxyl groups is 2. The van der Waals surface area contributed by atoms with Crippen LogP contribution >= 0.6 is 0 Å². The van der Waals surface area contributed by atoms with Crippen LogP contribution in [0.3, 0.4) is 0 Å². The molecule has 0 unspecified atom stereocenters. The van der Waals surface area contributed by atoms with E-state index in [1.165, 1.54) is 12.3 Å². The van der Waals surface area contributed by atoms with Gasteiger partial charge < -0.3 is 41.3 Å². The largest absolute Gasteiger partial charge is 0.480 e.